The Morgan fingerprint density at radius 3 is 2.71 bits per heavy atom. The molecule has 2 aromatic rings. The van der Waals surface area contributed by atoms with E-state index < -0.39 is 16.0 Å². The number of methoxy groups -OCH3 is 1. The third kappa shape index (κ3) is 3.28. The summed E-state index contributed by atoms with van der Waals surface area (Å²) in [7, 11) is -1.17. The van der Waals surface area contributed by atoms with Crippen LogP contribution < -0.4 is 0 Å². The summed E-state index contributed by atoms with van der Waals surface area (Å²) in [4.78, 5) is 20.2. The average Bonchev–Trinajstić information content (AvgIpc) is 3.07. The lowest BCUT2D eigenvalue weighted by atomic mass is 10.5. The quantitative estimate of drug-likeness (QED) is 0.762. The maximum atomic E-state index is 12.5. The smallest absolute Gasteiger partial charge is 0.358 e. The van der Waals surface area contributed by atoms with Crippen LogP contribution in [-0.4, -0.2) is 42.8 Å². The van der Waals surface area contributed by atoms with Gasteiger partial charge in [0.15, 0.2) is 9.90 Å². The van der Waals surface area contributed by atoms with Gasteiger partial charge in [0.05, 0.1) is 17.6 Å². The number of aryl methyl sites for hydroxylation is 1. The molecule has 10 heteroatoms. The monoisotopic (exact) mass is 347 g/mol. The molecule has 0 radical (unpaired) electrons. The fraction of sp³-hybridized carbons (Fsp3) is 0.364. The Morgan fingerprint density at radius 1 is 1.43 bits per heavy atom. The molecule has 0 saturated heterocycles. The second-order valence-corrected chi connectivity index (χ2v) is 8.50. The van der Waals surface area contributed by atoms with Crippen molar-refractivity contribution in [1.82, 2.24) is 14.3 Å². The zero-order valence-electron chi connectivity index (χ0n) is 11.6. The minimum absolute atomic E-state index is 0.113. The van der Waals surface area contributed by atoms with Crippen molar-refractivity contribution in [2.45, 2.75) is 17.7 Å². The predicted octanol–water partition coefficient (Wildman–Crippen LogP) is 1.52. The fourth-order valence-electron chi connectivity index (χ4n) is 1.58. The second-order valence-electron chi connectivity index (χ2n) is 4.09. The van der Waals surface area contributed by atoms with Crippen molar-refractivity contribution in [3.05, 3.63) is 27.3 Å². The van der Waals surface area contributed by atoms with E-state index in [-0.39, 0.29) is 16.4 Å². The summed E-state index contributed by atoms with van der Waals surface area (Å²) in [6.45, 7) is 2.04. The van der Waals surface area contributed by atoms with Gasteiger partial charge in [-0.2, -0.15) is 4.31 Å². The van der Waals surface area contributed by atoms with Gasteiger partial charge in [0.1, 0.15) is 0 Å². The van der Waals surface area contributed by atoms with Crippen LogP contribution in [0.3, 0.4) is 0 Å². The molecule has 0 aliphatic heterocycles. The molecule has 2 heterocycles. The van der Waals surface area contributed by atoms with E-state index in [0.717, 1.165) is 21.2 Å². The van der Waals surface area contributed by atoms with E-state index in [1.807, 2.05) is 6.92 Å². The van der Waals surface area contributed by atoms with Crippen molar-refractivity contribution in [3.63, 3.8) is 0 Å². The molecule has 0 spiro atoms. The number of hydrogen-bond acceptors (Lipinski definition) is 8. The highest BCUT2D eigenvalue weighted by Gasteiger charge is 2.30. The molecule has 0 unspecified atom stereocenters. The van der Waals surface area contributed by atoms with Crippen LogP contribution in [0, 0.1) is 6.92 Å². The first-order valence-electron chi connectivity index (χ1n) is 5.75. The van der Waals surface area contributed by atoms with Crippen LogP contribution in [-0.2, 0) is 21.3 Å². The van der Waals surface area contributed by atoms with Gasteiger partial charge in [0.2, 0.25) is 0 Å². The van der Waals surface area contributed by atoms with Crippen LogP contribution >= 0.6 is 22.7 Å². The van der Waals surface area contributed by atoms with E-state index in [9.17, 15) is 13.2 Å². The van der Waals surface area contributed by atoms with Gasteiger partial charge < -0.3 is 4.74 Å². The summed E-state index contributed by atoms with van der Waals surface area (Å²) in [5.74, 6) is -0.767. The molecule has 0 amide bonds. The van der Waals surface area contributed by atoms with Gasteiger partial charge in [-0.15, -0.1) is 22.7 Å². The minimum atomic E-state index is -3.80. The number of sulfonamides is 1. The molecule has 7 nitrogen and oxygen atoms in total. The Labute approximate surface area is 130 Å². The number of nitrogens with zero attached hydrogens (tertiary/aromatic N) is 3. The molecular formula is C11H13N3O4S3. The van der Waals surface area contributed by atoms with E-state index in [4.69, 9.17) is 0 Å². The lowest BCUT2D eigenvalue weighted by Gasteiger charge is -2.15. The van der Waals surface area contributed by atoms with Crippen molar-refractivity contribution in [2.24, 2.45) is 0 Å². The Hall–Kier alpha value is -1.36. The molecule has 2 aromatic heterocycles. The summed E-state index contributed by atoms with van der Waals surface area (Å²) < 4.78 is 30.6. The lowest BCUT2D eigenvalue weighted by molar-refractivity contribution is 0.0590. The summed E-state index contributed by atoms with van der Waals surface area (Å²) in [6, 6.07) is 0. The number of carbonyl (C=O) groups excluding carboxylic acids is 1. The lowest BCUT2D eigenvalue weighted by Crippen LogP contribution is -2.27. The molecule has 2 rings (SSSR count). The minimum Gasteiger partial charge on any atom is -0.464 e. The fourth-order valence-corrected chi connectivity index (χ4v) is 4.98. The van der Waals surface area contributed by atoms with Crippen LogP contribution in [0.25, 0.3) is 0 Å². The zero-order chi connectivity index (χ0) is 15.6. The molecule has 0 fully saturated rings. The molecule has 0 aromatic carbocycles. The van der Waals surface area contributed by atoms with E-state index in [1.54, 1.807) is 6.20 Å². The predicted molar refractivity (Wildman–Crippen MR) is 79.0 cm³/mol. The highest BCUT2D eigenvalue weighted by Crippen LogP contribution is 2.25. The largest absolute Gasteiger partial charge is 0.464 e. The number of ether oxygens (including phenoxy) is 1. The van der Waals surface area contributed by atoms with E-state index in [0.29, 0.717) is 0 Å². The third-order valence-electron chi connectivity index (χ3n) is 2.61. The molecule has 0 saturated carbocycles. The summed E-state index contributed by atoms with van der Waals surface area (Å²) in [5, 5.41) is 0.865. The van der Waals surface area contributed by atoms with Crippen molar-refractivity contribution in [2.75, 3.05) is 14.2 Å². The average molecular weight is 347 g/mol. The van der Waals surface area contributed by atoms with Crippen LogP contribution in [0.4, 0.5) is 0 Å². The maximum absolute atomic E-state index is 12.5. The molecular weight excluding hydrogens is 334 g/mol. The molecule has 21 heavy (non-hydrogen) atoms. The third-order valence-corrected chi connectivity index (χ3v) is 6.65. The first-order chi connectivity index (χ1) is 9.86. The van der Waals surface area contributed by atoms with E-state index in [1.165, 1.54) is 35.3 Å². The Kier molecular flexibility index (Phi) is 4.71. The van der Waals surface area contributed by atoms with Crippen LogP contribution in [0.5, 0.6) is 0 Å². The number of hydrogen-bond donors (Lipinski definition) is 0. The molecule has 0 bridgehead atoms. The van der Waals surface area contributed by atoms with Crippen molar-refractivity contribution < 1.29 is 17.9 Å². The maximum Gasteiger partial charge on any atom is 0.358 e. The first-order valence-corrected chi connectivity index (χ1v) is 8.89. The highest BCUT2D eigenvalue weighted by atomic mass is 32.2. The SMILES string of the molecule is COC(=O)c1ncsc1S(=O)(=O)N(C)Cc1cnc(C)s1. The highest BCUT2D eigenvalue weighted by molar-refractivity contribution is 7.91. The Morgan fingerprint density at radius 2 is 2.14 bits per heavy atom. The van der Waals surface area contributed by atoms with E-state index >= 15 is 0 Å². The van der Waals surface area contributed by atoms with Crippen molar-refractivity contribution in [1.29, 1.82) is 0 Å². The number of rotatable bonds is 5. The van der Waals surface area contributed by atoms with Gasteiger partial charge in [-0.1, -0.05) is 0 Å². The molecule has 0 aliphatic carbocycles. The first kappa shape index (κ1) is 16.0. The van der Waals surface area contributed by atoms with Crippen LogP contribution in [0.1, 0.15) is 20.4 Å². The van der Waals surface area contributed by atoms with Crippen molar-refractivity contribution >= 4 is 38.7 Å². The number of thiazole rings is 2. The number of esters is 1. The van der Waals surface area contributed by atoms with E-state index in [2.05, 4.69) is 14.7 Å². The molecule has 114 valence electrons. The topological polar surface area (TPSA) is 89.5 Å². The Bertz CT molecular complexity index is 750. The number of aromatic nitrogens is 2. The van der Waals surface area contributed by atoms with Gasteiger partial charge in [0.25, 0.3) is 10.0 Å². The molecule has 0 atom stereocenters. The van der Waals surface area contributed by atoms with Crippen molar-refractivity contribution in [3.8, 4) is 0 Å². The van der Waals surface area contributed by atoms with Crippen LogP contribution in [0.15, 0.2) is 15.9 Å². The zero-order valence-corrected chi connectivity index (χ0v) is 14.0. The van der Waals surface area contributed by atoms with Gasteiger partial charge in [0, 0.05) is 24.7 Å². The summed E-state index contributed by atoms with van der Waals surface area (Å²) >= 11 is 2.31. The summed E-state index contributed by atoms with van der Waals surface area (Å²) in [5.41, 5.74) is 1.12. The second kappa shape index (κ2) is 6.18. The Balaban J connectivity index is 2.29. The van der Waals surface area contributed by atoms with Gasteiger partial charge >= 0.3 is 5.97 Å². The normalized spacial score (nSPS) is 11.8. The molecule has 0 aliphatic rings. The van der Waals surface area contributed by atoms with Gasteiger partial charge in [-0.25, -0.2) is 23.2 Å². The van der Waals surface area contributed by atoms with Crippen LogP contribution in [0.2, 0.25) is 0 Å². The summed E-state index contributed by atoms with van der Waals surface area (Å²) in [6.07, 6.45) is 1.64. The molecule has 0 N–H and O–H groups in total. The van der Waals surface area contributed by atoms with Gasteiger partial charge in [-0.3, -0.25) is 0 Å². The van der Waals surface area contributed by atoms with Gasteiger partial charge in [-0.05, 0) is 6.92 Å². The number of carbonyl (C=O) groups is 1. The standard InChI is InChI=1S/C11H13N3O4S3/c1-7-12-4-8(20-7)5-14(2)21(16,17)11-9(10(15)18-3)13-6-19-11/h4,6H,5H2,1-3H3.